The third-order valence-corrected chi connectivity index (χ3v) is 5.83. The molecular weight excluding hydrogens is 418 g/mol. The second kappa shape index (κ2) is 9.38. The highest BCUT2D eigenvalue weighted by Gasteiger charge is 2.26. The summed E-state index contributed by atoms with van der Waals surface area (Å²) in [5.41, 5.74) is 5.89. The predicted octanol–water partition coefficient (Wildman–Crippen LogP) is 6.07. The maximum atomic E-state index is 6.37. The summed E-state index contributed by atoms with van der Waals surface area (Å²) >= 11 is 0. The third kappa shape index (κ3) is 4.43. The van der Waals surface area contributed by atoms with E-state index in [9.17, 15) is 0 Å². The number of ether oxygens (including phenoxy) is 4. The van der Waals surface area contributed by atoms with Gasteiger partial charge in [-0.05, 0) is 76.7 Å². The van der Waals surface area contributed by atoms with Crippen molar-refractivity contribution in [3.8, 4) is 39.8 Å². The van der Waals surface area contributed by atoms with Gasteiger partial charge in [0.25, 0.3) is 5.88 Å². The van der Waals surface area contributed by atoms with E-state index in [2.05, 4.69) is 35.5 Å². The van der Waals surface area contributed by atoms with Gasteiger partial charge in [0.2, 0.25) is 0 Å². The Morgan fingerprint density at radius 2 is 1.76 bits per heavy atom. The van der Waals surface area contributed by atoms with Crippen molar-refractivity contribution < 1.29 is 23.5 Å². The van der Waals surface area contributed by atoms with Crippen LogP contribution in [0.15, 0.2) is 77.3 Å². The van der Waals surface area contributed by atoms with Crippen molar-refractivity contribution in [1.29, 1.82) is 0 Å². The van der Waals surface area contributed by atoms with E-state index >= 15 is 0 Å². The summed E-state index contributed by atoms with van der Waals surface area (Å²) < 4.78 is 27.3. The zero-order valence-corrected chi connectivity index (χ0v) is 18.6. The lowest BCUT2D eigenvalue weighted by Gasteiger charge is -2.16. The van der Waals surface area contributed by atoms with Gasteiger partial charge in [-0.2, -0.15) is 0 Å². The standard InChI is InChI=1S/C27H25NO5/c1-29-17-31-27-16-26(33-28-27)18-9-11-20(12-10-18)32-25-14-13-23-22(7-4-8-24(23)25)19-5-3-6-21(15-19)30-2/h3-12,15-16,25H,13-14,17H2,1-2H3. The molecule has 1 aliphatic carbocycles. The van der Waals surface area contributed by atoms with Crippen molar-refractivity contribution in [2.24, 2.45) is 0 Å². The molecule has 0 N–H and O–H groups in total. The highest BCUT2D eigenvalue weighted by molar-refractivity contribution is 5.71. The predicted molar refractivity (Wildman–Crippen MR) is 125 cm³/mol. The Labute approximate surface area is 192 Å². The lowest BCUT2D eigenvalue weighted by atomic mass is 9.96. The SMILES string of the molecule is COCOc1cc(-c2ccc(OC3CCc4c(-c5cccc(OC)c5)cccc43)cc2)on1. The van der Waals surface area contributed by atoms with Crippen LogP contribution in [0.5, 0.6) is 17.4 Å². The maximum absolute atomic E-state index is 6.37. The number of fused-ring (bicyclic) bond motifs is 1. The molecule has 0 aliphatic heterocycles. The second-order valence-corrected chi connectivity index (χ2v) is 7.86. The zero-order chi connectivity index (χ0) is 22.6. The molecule has 1 unspecified atom stereocenters. The molecule has 168 valence electrons. The lowest BCUT2D eigenvalue weighted by molar-refractivity contribution is 0.0453. The number of rotatable bonds is 8. The number of nitrogens with zero attached hydrogens (tertiary/aromatic N) is 1. The van der Waals surface area contributed by atoms with E-state index < -0.39 is 0 Å². The molecule has 6 nitrogen and oxygen atoms in total. The van der Waals surface area contributed by atoms with Crippen LogP contribution in [0.4, 0.5) is 0 Å². The first-order valence-corrected chi connectivity index (χ1v) is 10.9. The molecule has 5 rings (SSSR count). The van der Waals surface area contributed by atoms with Crippen LogP contribution < -0.4 is 14.2 Å². The Morgan fingerprint density at radius 1 is 0.909 bits per heavy atom. The molecule has 0 fully saturated rings. The number of hydrogen-bond donors (Lipinski definition) is 0. The molecule has 0 radical (unpaired) electrons. The van der Waals surface area contributed by atoms with Crippen LogP contribution in [0.1, 0.15) is 23.7 Å². The van der Waals surface area contributed by atoms with Crippen LogP contribution in [-0.2, 0) is 11.2 Å². The molecule has 33 heavy (non-hydrogen) atoms. The van der Waals surface area contributed by atoms with Crippen LogP contribution >= 0.6 is 0 Å². The normalized spacial score (nSPS) is 14.7. The van der Waals surface area contributed by atoms with Crippen LogP contribution in [0.3, 0.4) is 0 Å². The summed E-state index contributed by atoms with van der Waals surface area (Å²) in [7, 11) is 3.25. The molecule has 0 saturated carbocycles. The third-order valence-electron chi connectivity index (χ3n) is 5.83. The van der Waals surface area contributed by atoms with Crippen LogP contribution in [0.25, 0.3) is 22.5 Å². The van der Waals surface area contributed by atoms with Crippen molar-refractivity contribution >= 4 is 0 Å². The van der Waals surface area contributed by atoms with Crippen molar-refractivity contribution in [2.75, 3.05) is 21.0 Å². The van der Waals surface area contributed by atoms with Gasteiger partial charge in [0.15, 0.2) is 12.6 Å². The molecule has 1 aromatic heterocycles. The molecule has 3 aromatic carbocycles. The maximum Gasteiger partial charge on any atom is 0.256 e. The molecule has 6 heteroatoms. The Morgan fingerprint density at radius 3 is 2.58 bits per heavy atom. The summed E-state index contributed by atoms with van der Waals surface area (Å²) in [6.45, 7) is 0.126. The highest BCUT2D eigenvalue weighted by Crippen LogP contribution is 2.40. The van der Waals surface area contributed by atoms with Gasteiger partial charge in [-0.1, -0.05) is 30.3 Å². The average Bonchev–Trinajstić information content (AvgIpc) is 3.51. The first kappa shape index (κ1) is 21.1. The fourth-order valence-corrected chi connectivity index (χ4v) is 4.24. The fraction of sp³-hybridized carbons (Fsp3) is 0.222. The Kier molecular flexibility index (Phi) is 6.00. The van der Waals surface area contributed by atoms with Crippen molar-refractivity contribution in [2.45, 2.75) is 18.9 Å². The first-order chi connectivity index (χ1) is 16.2. The van der Waals surface area contributed by atoms with E-state index in [1.165, 1.54) is 16.7 Å². The molecule has 1 heterocycles. The van der Waals surface area contributed by atoms with Gasteiger partial charge in [-0.15, -0.1) is 0 Å². The van der Waals surface area contributed by atoms with Gasteiger partial charge in [0, 0.05) is 18.7 Å². The number of hydrogen-bond acceptors (Lipinski definition) is 6. The van der Waals surface area contributed by atoms with Gasteiger partial charge < -0.3 is 23.5 Å². The zero-order valence-electron chi connectivity index (χ0n) is 18.6. The summed E-state index contributed by atoms with van der Waals surface area (Å²) in [6, 6.07) is 24.2. The summed E-state index contributed by atoms with van der Waals surface area (Å²) in [6.07, 6.45) is 1.95. The van der Waals surface area contributed by atoms with E-state index in [-0.39, 0.29) is 12.9 Å². The van der Waals surface area contributed by atoms with E-state index in [0.717, 1.165) is 35.5 Å². The molecule has 0 bridgehead atoms. The van der Waals surface area contributed by atoms with Crippen molar-refractivity contribution in [3.63, 3.8) is 0 Å². The van der Waals surface area contributed by atoms with Crippen LogP contribution in [0, 0.1) is 0 Å². The highest BCUT2D eigenvalue weighted by atomic mass is 16.7. The van der Waals surface area contributed by atoms with Crippen molar-refractivity contribution in [1.82, 2.24) is 5.16 Å². The van der Waals surface area contributed by atoms with Gasteiger partial charge >= 0.3 is 0 Å². The minimum absolute atomic E-state index is 0.0238. The van der Waals surface area contributed by atoms with Gasteiger partial charge in [0.1, 0.15) is 17.6 Å². The molecule has 0 spiro atoms. The van der Waals surface area contributed by atoms with Gasteiger partial charge in [-0.25, -0.2) is 0 Å². The number of methoxy groups -OCH3 is 2. The quantitative estimate of drug-likeness (QED) is 0.308. The fourth-order valence-electron chi connectivity index (χ4n) is 4.24. The summed E-state index contributed by atoms with van der Waals surface area (Å²) in [5.74, 6) is 2.70. The largest absolute Gasteiger partial charge is 0.497 e. The summed E-state index contributed by atoms with van der Waals surface area (Å²) in [5, 5.41) is 3.89. The number of aromatic nitrogens is 1. The smallest absolute Gasteiger partial charge is 0.256 e. The van der Waals surface area contributed by atoms with Gasteiger partial charge in [-0.3, -0.25) is 0 Å². The first-order valence-electron chi connectivity index (χ1n) is 10.9. The lowest BCUT2D eigenvalue weighted by Crippen LogP contribution is -2.03. The number of benzene rings is 3. The monoisotopic (exact) mass is 443 g/mol. The van der Waals surface area contributed by atoms with E-state index in [4.69, 9.17) is 23.5 Å². The van der Waals surface area contributed by atoms with E-state index in [0.29, 0.717) is 11.6 Å². The summed E-state index contributed by atoms with van der Waals surface area (Å²) in [4.78, 5) is 0. The molecular formula is C27H25NO5. The topological polar surface area (TPSA) is 63.0 Å². The average molecular weight is 443 g/mol. The van der Waals surface area contributed by atoms with E-state index in [1.807, 2.05) is 36.4 Å². The van der Waals surface area contributed by atoms with E-state index in [1.54, 1.807) is 20.3 Å². The van der Waals surface area contributed by atoms with Gasteiger partial charge in [0.05, 0.1) is 7.11 Å². The van der Waals surface area contributed by atoms with Crippen LogP contribution in [0.2, 0.25) is 0 Å². The minimum atomic E-state index is 0.0238. The Balaban J connectivity index is 1.32. The molecule has 0 saturated heterocycles. The molecule has 1 aliphatic rings. The molecule has 0 amide bonds. The minimum Gasteiger partial charge on any atom is -0.497 e. The van der Waals surface area contributed by atoms with Crippen LogP contribution in [-0.4, -0.2) is 26.2 Å². The molecule has 4 aromatic rings. The van der Waals surface area contributed by atoms with Crippen molar-refractivity contribution in [3.05, 3.63) is 83.9 Å². The Hall–Kier alpha value is -3.77. The molecule has 1 atom stereocenters. The second-order valence-electron chi connectivity index (χ2n) is 7.86. The Bertz CT molecular complexity index is 1230.